The molecule has 1 aliphatic heterocycles. The first-order chi connectivity index (χ1) is 15.0. The number of carbonyl (C=O) groups excluding carboxylic acids is 1. The molecular formula is C22H17N3O5S. The molecule has 31 heavy (non-hydrogen) atoms. The maximum atomic E-state index is 13.1. The third kappa shape index (κ3) is 3.42. The van der Waals surface area contributed by atoms with E-state index in [-0.39, 0.29) is 11.6 Å². The van der Waals surface area contributed by atoms with Gasteiger partial charge in [0.25, 0.3) is 11.6 Å². The van der Waals surface area contributed by atoms with E-state index in [1.54, 1.807) is 35.2 Å². The number of benzene rings is 2. The van der Waals surface area contributed by atoms with Crippen LogP contribution in [0.3, 0.4) is 0 Å². The van der Waals surface area contributed by atoms with E-state index in [4.69, 9.17) is 4.42 Å². The Bertz CT molecular complexity index is 1370. The van der Waals surface area contributed by atoms with Gasteiger partial charge >= 0.3 is 5.63 Å². The van der Waals surface area contributed by atoms with E-state index in [1.165, 1.54) is 23.5 Å². The van der Waals surface area contributed by atoms with E-state index in [0.29, 0.717) is 42.0 Å². The van der Waals surface area contributed by atoms with Crippen molar-refractivity contribution in [3.8, 4) is 0 Å². The van der Waals surface area contributed by atoms with Gasteiger partial charge in [0.05, 0.1) is 19.9 Å². The van der Waals surface area contributed by atoms with Crippen LogP contribution in [0, 0.1) is 10.1 Å². The summed E-state index contributed by atoms with van der Waals surface area (Å²) in [5.74, 6) is -0.104. The number of amides is 1. The molecule has 4 aromatic rings. The number of anilines is 1. The summed E-state index contributed by atoms with van der Waals surface area (Å²) >= 11 is 1.32. The Morgan fingerprint density at radius 2 is 1.71 bits per heavy atom. The summed E-state index contributed by atoms with van der Waals surface area (Å²) in [5.41, 5.74) is 1.02. The van der Waals surface area contributed by atoms with E-state index in [2.05, 4.69) is 4.90 Å². The highest BCUT2D eigenvalue weighted by Crippen LogP contribution is 2.31. The first-order valence-corrected chi connectivity index (χ1v) is 10.6. The van der Waals surface area contributed by atoms with E-state index in [0.717, 1.165) is 15.8 Å². The lowest BCUT2D eigenvalue weighted by atomic mass is 10.2. The second kappa shape index (κ2) is 7.51. The number of nitro benzene ring substituents is 1. The standard InChI is InChI=1S/C22H17N3O5S/c26-21(19-13-17-20(31-19)16-3-1-2-4-18(16)30-22(17)27)24-11-9-23(10-12-24)14-5-7-15(8-6-14)25(28)29/h1-8,13H,9-12H2. The van der Waals surface area contributed by atoms with Gasteiger partial charge in [-0.1, -0.05) is 12.1 Å². The predicted octanol–water partition coefficient (Wildman–Crippen LogP) is 3.88. The number of hydrogen-bond acceptors (Lipinski definition) is 7. The minimum atomic E-state index is -0.438. The highest BCUT2D eigenvalue weighted by Gasteiger charge is 2.25. The highest BCUT2D eigenvalue weighted by atomic mass is 32.1. The molecule has 0 spiro atoms. The molecule has 3 heterocycles. The van der Waals surface area contributed by atoms with E-state index >= 15 is 0 Å². The number of fused-ring (bicyclic) bond motifs is 3. The van der Waals surface area contributed by atoms with Crippen LogP contribution < -0.4 is 10.5 Å². The number of hydrogen-bond donors (Lipinski definition) is 0. The Balaban J connectivity index is 1.35. The molecule has 0 aliphatic carbocycles. The van der Waals surface area contributed by atoms with Crippen LogP contribution in [-0.4, -0.2) is 41.9 Å². The molecule has 0 atom stereocenters. The van der Waals surface area contributed by atoms with Crippen molar-refractivity contribution in [2.75, 3.05) is 31.1 Å². The molecule has 0 N–H and O–H groups in total. The largest absolute Gasteiger partial charge is 0.422 e. The molecule has 1 aliphatic rings. The number of piperazine rings is 1. The lowest BCUT2D eigenvalue weighted by Crippen LogP contribution is -2.48. The first-order valence-electron chi connectivity index (χ1n) is 9.75. The van der Waals surface area contributed by atoms with Gasteiger partial charge in [0, 0.05) is 49.4 Å². The number of carbonyl (C=O) groups is 1. The highest BCUT2D eigenvalue weighted by molar-refractivity contribution is 7.21. The minimum Gasteiger partial charge on any atom is -0.422 e. The first kappa shape index (κ1) is 19.3. The molecule has 156 valence electrons. The maximum Gasteiger partial charge on any atom is 0.345 e. The van der Waals surface area contributed by atoms with Crippen molar-refractivity contribution >= 4 is 49.7 Å². The van der Waals surface area contributed by atoms with Gasteiger partial charge in [0.2, 0.25) is 0 Å². The molecule has 0 radical (unpaired) electrons. The summed E-state index contributed by atoms with van der Waals surface area (Å²) in [5, 5.41) is 12.1. The van der Waals surface area contributed by atoms with Crippen molar-refractivity contribution in [2.24, 2.45) is 0 Å². The zero-order chi connectivity index (χ0) is 21.5. The Hall–Kier alpha value is -3.72. The summed E-state index contributed by atoms with van der Waals surface area (Å²) in [4.78, 5) is 40.2. The zero-order valence-corrected chi connectivity index (χ0v) is 17.1. The molecule has 9 heteroatoms. The van der Waals surface area contributed by atoms with Gasteiger partial charge in [-0.2, -0.15) is 0 Å². The Kier molecular flexibility index (Phi) is 4.67. The number of non-ortho nitro benzene ring substituents is 1. The number of thiophene rings is 1. The third-order valence-corrected chi connectivity index (χ3v) is 6.65. The average Bonchev–Trinajstić information content (AvgIpc) is 3.25. The minimum absolute atomic E-state index is 0.0549. The second-order valence-electron chi connectivity index (χ2n) is 7.29. The van der Waals surface area contributed by atoms with Crippen LogP contribution in [0.4, 0.5) is 11.4 Å². The molecule has 1 amide bonds. The van der Waals surface area contributed by atoms with Crippen molar-refractivity contribution in [2.45, 2.75) is 0 Å². The van der Waals surface area contributed by atoms with Crippen molar-refractivity contribution in [3.05, 3.63) is 80.0 Å². The lowest BCUT2D eigenvalue weighted by Gasteiger charge is -2.35. The Morgan fingerprint density at radius 1 is 1.00 bits per heavy atom. The van der Waals surface area contributed by atoms with Crippen LogP contribution in [0.5, 0.6) is 0 Å². The fraction of sp³-hybridized carbons (Fsp3) is 0.182. The van der Waals surface area contributed by atoms with Crippen LogP contribution in [0.1, 0.15) is 9.67 Å². The quantitative estimate of drug-likeness (QED) is 0.275. The summed E-state index contributed by atoms with van der Waals surface area (Å²) < 4.78 is 6.14. The van der Waals surface area contributed by atoms with E-state index < -0.39 is 10.5 Å². The number of nitrogens with zero attached hydrogens (tertiary/aromatic N) is 3. The van der Waals surface area contributed by atoms with Crippen LogP contribution in [0.15, 0.2) is 63.8 Å². The van der Waals surface area contributed by atoms with Gasteiger partial charge in [-0.05, 0) is 30.3 Å². The fourth-order valence-electron chi connectivity index (χ4n) is 3.85. The molecule has 1 fully saturated rings. The lowest BCUT2D eigenvalue weighted by molar-refractivity contribution is -0.384. The van der Waals surface area contributed by atoms with Gasteiger partial charge < -0.3 is 14.2 Å². The van der Waals surface area contributed by atoms with Crippen molar-refractivity contribution in [3.63, 3.8) is 0 Å². The zero-order valence-electron chi connectivity index (χ0n) is 16.3. The van der Waals surface area contributed by atoms with Crippen LogP contribution in [0.2, 0.25) is 0 Å². The Labute approximate surface area is 180 Å². The molecule has 5 rings (SSSR count). The van der Waals surface area contributed by atoms with Gasteiger partial charge in [0.1, 0.15) is 5.58 Å². The molecular weight excluding hydrogens is 418 g/mol. The molecule has 0 saturated carbocycles. The van der Waals surface area contributed by atoms with Crippen LogP contribution in [-0.2, 0) is 0 Å². The van der Waals surface area contributed by atoms with Crippen molar-refractivity contribution < 1.29 is 14.1 Å². The normalized spacial score (nSPS) is 14.3. The number of rotatable bonds is 3. The van der Waals surface area contributed by atoms with Crippen molar-refractivity contribution in [1.82, 2.24) is 4.90 Å². The maximum absolute atomic E-state index is 13.1. The summed E-state index contributed by atoms with van der Waals surface area (Å²) in [6.45, 7) is 2.30. The van der Waals surface area contributed by atoms with Crippen LogP contribution >= 0.6 is 11.3 Å². The molecule has 0 bridgehead atoms. The Morgan fingerprint density at radius 3 is 2.42 bits per heavy atom. The average molecular weight is 435 g/mol. The SMILES string of the molecule is O=C(c1cc2c(=O)oc3ccccc3c2s1)N1CCN(c2ccc([N+](=O)[O-])cc2)CC1. The third-order valence-electron chi connectivity index (χ3n) is 5.49. The molecule has 2 aromatic heterocycles. The summed E-state index contributed by atoms with van der Waals surface area (Å²) in [7, 11) is 0. The second-order valence-corrected chi connectivity index (χ2v) is 8.34. The van der Waals surface area contributed by atoms with E-state index in [1.807, 2.05) is 12.1 Å². The fourth-order valence-corrected chi connectivity index (χ4v) is 5.00. The van der Waals surface area contributed by atoms with Crippen molar-refractivity contribution in [1.29, 1.82) is 0 Å². The number of nitro groups is 1. The molecule has 8 nitrogen and oxygen atoms in total. The van der Waals surface area contributed by atoms with Gasteiger partial charge in [0.15, 0.2) is 0 Å². The van der Waals surface area contributed by atoms with Gasteiger partial charge in [-0.15, -0.1) is 11.3 Å². The topological polar surface area (TPSA) is 96.9 Å². The molecule has 2 aromatic carbocycles. The monoisotopic (exact) mass is 435 g/mol. The van der Waals surface area contributed by atoms with Gasteiger partial charge in [-0.25, -0.2) is 4.79 Å². The smallest absolute Gasteiger partial charge is 0.345 e. The van der Waals surface area contributed by atoms with E-state index in [9.17, 15) is 19.7 Å². The van der Waals surface area contributed by atoms with Crippen LogP contribution in [0.25, 0.3) is 21.1 Å². The van der Waals surface area contributed by atoms with Gasteiger partial charge in [-0.3, -0.25) is 14.9 Å². The molecule has 0 unspecified atom stereocenters. The summed E-state index contributed by atoms with van der Waals surface area (Å²) in [6, 6.07) is 15.4. The number of para-hydroxylation sites is 1. The summed E-state index contributed by atoms with van der Waals surface area (Å²) in [6.07, 6.45) is 0. The molecule has 1 saturated heterocycles. The predicted molar refractivity (Wildman–Crippen MR) is 119 cm³/mol.